The molecule has 1 aliphatic rings. The molecule has 0 radical (unpaired) electrons. The summed E-state index contributed by atoms with van der Waals surface area (Å²) in [5.74, 6) is -0.0213. The molecule has 0 aliphatic carbocycles. The van der Waals surface area contributed by atoms with Crippen LogP contribution in [0.1, 0.15) is 11.1 Å². The first kappa shape index (κ1) is 24.1. The maximum Gasteiger partial charge on any atom is 0.303 e. The van der Waals surface area contributed by atoms with E-state index in [9.17, 15) is 25.3 Å². The van der Waals surface area contributed by atoms with Gasteiger partial charge in [0.2, 0.25) is 0 Å². The molecule has 0 spiro atoms. The number of nitro groups is 2. The van der Waals surface area contributed by atoms with Gasteiger partial charge in [-0.25, -0.2) is 0 Å². The van der Waals surface area contributed by atoms with Crippen molar-refractivity contribution >= 4 is 22.7 Å². The number of benzene rings is 2. The van der Waals surface area contributed by atoms with Crippen molar-refractivity contribution in [2.45, 2.75) is 13.2 Å². The van der Waals surface area contributed by atoms with Gasteiger partial charge in [-0.2, -0.15) is 5.11 Å². The van der Waals surface area contributed by atoms with Crippen LogP contribution in [0.4, 0.5) is 22.7 Å². The second kappa shape index (κ2) is 11.9. The molecule has 0 unspecified atom stereocenters. The highest BCUT2D eigenvalue weighted by molar-refractivity contribution is 5.62. The van der Waals surface area contributed by atoms with Gasteiger partial charge in [0.05, 0.1) is 74.5 Å². The van der Waals surface area contributed by atoms with E-state index in [1.54, 1.807) is 0 Å². The molecule has 13 heteroatoms. The van der Waals surface area contributed by atoms with E-state index in [2.05, 4.69) is 10.2 Å². The smallest absolute Gasteiger partial charge is 0.303 e. The van der Waals surface area contributed by atoms with Gasteiger partial charge in [-0.3, -0.25) is 20.2 Å². The molecular formula is C20H22N4O9. The number of hydrogen-bond donors (Lipinski definition) is 1. The van der Waals surface area contributed by atoms with Crippen molar-refractivity contribution in [3.05, 3.63) is 61.7 Å². The zero-order chi connectivity index (χ0) is 23.6. The van der Waals surface area contributed by atoms with Crippen molar-refractivity contribution in [3.63, 3.8) is 0 Å². The van der Waals surface area contributed by atoms with Crippen LogP contribution in [-0.2, 0) is 32.2 Å². The molecule has 0 fully saturated rings. The molecule has 33 heavy (non-hydrogen) atoms. The Balaban J connectivity index is 1.88. The summed E-state index contributed by atoms with van der Waals surface area (Å²) in [5.41, 5.74) is 0.00519. The molecule has 1 heterocycles. The Hall–Kier alpha value is -3.52. The van der Waals surface area contributed by atoms with Gasteiger partial charge in [-0.15, -0.1) is 5.11 Å². The molecule has 0 aromatic heterocycles. The van der Waals surface area contributed by atoms with E-state index in [0.717, 1.165) is 18.2 Å². The average Bonchev–Trinajstić information content (AvgIpc) is 2.80. The highest BCUT2D eigenvalue weighted by Gasteiger charge is 2.19. The van der Waals surface area contributed by atoms with E-state index < -0.39 is 21.2 Å². The number of azo groups is 1. The van der Waals surface area contributed by atoms with Crippen molar-refractivity contribution in [1.29, 1.82) is 0 Å². The highest BCUT2D eigenvalue weighted by Crippen LogP contribution is 2.34. The number of fused-ring (bicyclic) bond motifs is 2. The molecule has 1 aliphatic heterocycles. The van der Waals surface area contributed by atoms with Crippen LogP contribution in [0.5, 0.6) is 5.75 Å². The molecule has 0 atom stereocenters. The topological polar surface area (TPSA) is 168 Å². The van der Waals surface area contributed by atoms with E-state index in [-0.39, 0.29) is 30.3 Å². The number of hydrogen-bond acceptors (Lipinski definition) is 11. The fourth-order valence-corrected chi connectivity index (χ4v) is 2.91. The van der Waals surface area contributed by atoms with E-state index in [1.165, 1.54) is 12.1 Å². The number of aromatic hydroxyl groups is 1. The second-order valence-corrected chi connectivity index (χ2v) is 6.83. The lowest BCUT2D eigenvalue weighted by Crippen LogP contribution is -2.11. The van der Waals surface area contributed by atoms with Crippen LogP contribution in [0.15, 0.2) is 40.6 Å². The minimum atomic E-state index is -0.770. The quantitative estimate of drug-likeness (QED) is 0.404. The summed E-state index contributed by atoms with van der Waals surface area (Å²) in [6, 6.07) is 6.13. The first-order chi connectivity index (χ1) is 16.0. The molecule has 2 bridgehead atoms. The number of nitro benzene ring substituents is 2. The van der Waals surface area contributed by atoms with Gasteiger partial charge in [0, 0.05) is 17.2 Å². The Morgan fingerprint density at radius 3 is 1.82 bits per heavy atom. The third-order valence-corrected chi connectivity index (χ3v) is 4.52. The summed E-state index contributed by atoms with van der Waals surface area (Å²) < 4.78 is 21.8. The Labute approximate surface area is 187 Å². The average molecular weight is 462 g/mol. The molecule has 3 rings (SSSR count). The number of ether oxygens (including phenoxy) is 4. The minimum Gasteiger partial charge on any atom is -0.507 e. The normalized spacial score (nSPS) is 16.1. The summed E-state index contributed by atoms with van der Waals surface area (Å²) in [6.07, 6.45) is 0. The molecule has 1 N–H and O–H groups in total. The van der Waals surface area contributed by atoms with Gasteiger partial charge >= 0.3 is 5.69 Å². The number of nitrogens with zero attached hydrogens (tertiary/aromatic N) is 4. The maximum atomic E-state index is 11.3. The lowest BCUT2D eigenvalue weighted by molar-refractivity contribution is -0.393. The van der Waals surface area contributed by atoms with E-state index in [0.29, 0.717) is 50.8 Å². The zero-order valence-electron chi connectivity index (χ0n) is 17.5. The van der Waals surface area contributed by atoms with Crippen molar-refractivity contribution in [3.8, 4) is 5.75 Å². The fraction of sp³-hybridized carbons (Fsp3) is 0.400. The van der Waals surface area contributed by atoms with Gasteiger partial charge in [0.15, 0.2) is 5.69 Å². The van der Waals surface area contributed by atoms with Gasteiger partial charge in [-0.1, -0.05) is 0 Å². The minimum absolute atomic E-state index is 0.0213. The van der Waals surface area contributed by atoms with Gasteiger partial charge in [-0.05, 0) is 18.2 Å². The van der Waals surface area contributed by atoms with Crippen molar-refractivity contribution < 1.29 is 33.9 Å². The summed E-state index contributed by atoms with van der Waals surface area (Å²) in [5, 5.41) is 40.7. The first-order valence-electron chi connectivity index (χ1n) is 9.96. The monoisotopic (exact) mass is 462 g/mol. The molecule has 0 amide bonds. The number of rotatable bonds is 4. The second-order valence-electron chi connectivity index (χ2n) is 6.83. The van der Waals surface area contributed by atoms with Gasteiger partial charge in [0.1, 0.15) is 5.75 Å². The molecule has 0 saturated heterocycles. The summed E-state index contributed by atoms with van der Waals surface area (Å²) in [6.45, 7) is 2.31. The SMILES string of the molecule is O=[N+]([O-])c1ccc(N=Nc2cc3c(O)c(c2)COCCOCCOCCOC3)c([N+](=O)[O-])c1. The van der Waals surface area contributed by atoms with Crippen molar-refractivity contribution in [1.82, 2.24) is 0 Å². The lowest BCUT2D eigenvalue weighted by Gasteiger charge is -2.12. The largest absolute Gasteiger partial charge is 0.507 e. The molecule has 176 valence electrons. The van der Waals surface area contributed by atoms with E-state index >= 15 is 0 Å². The predicted octanol–water partition coefficient (Wildman–Crippen LogP) is 3.70. The Bertz CT molecular complexity index is 994. The van der Waals surface area contributed by atoms with Crippen LogP contribution in [0.2, 0.25) is 0 Å². The molecule has 13 nitrogen and oxygen atoms in total. The molecule has 2 aromatic carbocycles. The predicted molar refractivity (Wildman–Crippen MR) is 113 cm³/mol. The van der Waals surface area contributed by atoms with Crippen molar-refractivity contribution in [2.75, 3.05) is 39.6 Å². The third-order valence-electron chi connectivity index (χ3n) is 4.52. The van der Waals surface area contributed by atoms with E-state index in [1.807, 2.05) is 0 Å². The van der Waals surface area contributed by atoms with Crippen LogP contribution in [0.25, 0.3) is 0 Å². The van der Waals surface area contributed by atoms with Gasteiger partial charge < -0.3 is 24.1 Å². The number of non-ortho nitro benzene ring substituents is 1. The van der Waals surface area contributed by atoms with Crippen LogP contribution < -0.4 is 0 Å². The Kier molecular flexibility index (Phi) is 8.71. The summed E-state index contributed by atoms with van der Waals surface area (Å²) in [7, 11) is 0. The van der Waals surface area contributed by atoms with Gasteiger partial charge in [0.25, 0.3) is 5.69 Å². The van der Waals surface area contributed by atoms with Crippen LogP contribution >= 0.6 is 0 Å². The number of phenolic OH excluding ortho intramolecular Hbond substituents is 1. The molecule has 0 saturated carbocycles. The van der Waals surface area contributed by atoms with Crippen molar-refractivity contribution in [2.24, 2.45) is 10.2 Å². The van der Waals surface area contributed by atoms with Crippen LogP contribution in [0.3, 0.4) is 0 Å². The third kappa shape index (κ3) is 6.98. The lowest BCUT2D eigenvalue weighted by atomic mass is 10.1. The standard InChI is InChI=1S/C20H22N4O9/c25-20-14-9-16(21-22-18-2-1-17(23(26)27)11-19(18)24(28)29)10-15(20)13-33-8-6-31-4-3-30-5-7-32-12-14/h1-2,9-11,25H,3-8,12-13H2. The first-order valence-corrected chi connectivity index (χ1v) is 9.96. The maximum absolute atomic E-state index is 11.3. The van der Waals surface area contributed by atoms with Crippen LogP contribution in [-0.4, -0.2) is 54.6 Å². The molecule has 2 aromatic rings. The summed E-state index contributed by atoms with van der Waals surface area (Å²) >= 11 is 0. The fourth-order valence-electron chi connectivity index (χ4n) is 2.91. The Morgan fingerprint density at radius 2 is 1.30 bits per heavy atom. The van der Waals surface area contributed by atoms with Crippen LogP contribution in [0, 0.1) is 20.2 Å². The zero-order valence-corrected chi connectivity index (χ0v) is 17.5. The summed E-state index contributed by atoms with van der Waals surface area (Å²) in [4.78, 5) is 20.7. The number of phenols is 1. The molecular weight excluding hydrogens is 440 g/mol. The van der Waals surface area contributed by atoms with E-state index in [4.69, 9.17) is 18.9 Å². The highest BCUT2D eigenvalue weighted by atomic mass is 16.6. The Morgan fingerprint density at radius 1 is 0.758 bits per heavy atom.